The second-order valence-corrected chi connectivity index (χ2v) is 21.0. The van der Waals surface area contributed by atoms with Crippen molar-refractivity contribution < 1.29 is 183 Å². The van der Waals surface area contributed by atoms with Crippen molar-refractivity contribution in [3.05, 3.63) is 0 Å². The monoisotopic (exact) mass is 1210 g/mol. The van der Waals surface area contributed by atoms with Crippen molar-refractivity contribution >= 4 is 0 Å². The first-order chi connectivity index (χ1) is 39.1. The summed E-state index contributed by atoms with van der Waals surface area (Å²) in [5, 5.41) is 213. The number of aliphatic hydroxyl groups excluding tert-OH is 20. The highest BCUT2D eigenvalue weighted by Crippen LogP contribution is 2.39. The Kier molecular flexibility index (Phi) is 22.1. The number of rotatable bonds is 20. The zero-order valence-corrected chi connectivity index (χ0v) is 43.0. The molecular formula is C45H74O37. The molecule has 9 heterocycles. The Labute approximate surface area is 463 Å². The number of hydrogen-bond acceptors (Lipinski definition) is 37. The molecule has 0 aliphatic carbocycles. The summed E-state index contributed by atoms with van der Waals surface area (Å²) in [6, 6.07) is 0. The molecule has 0 aromatic heterocycles. The van der Waals surface area contributed by atoms with Crippen molar-refractivity contribution in [1.29, 1.82) is 0 Å². The molecule has 0 radical (unpaired) electrons. The van der Waals surface area contributed by atoms with Gasteiger partial charge in [0.15, 0.2) is 56.6 Å². The van der Waals surface area contributed by atoms with Crippen LogP contribution in [0.1, 0.15) is 0 Å². The smallest absolute Gasteiger partial charge is 0.187 e. The molecule has 37 heteroatoms. The van der Waals surface area contributed by atoms with Gasteiger partial charge in [-0.2, -0.15) is 0 Å². The van der Waals surface area contributed by atoms with E-state index in [-0.39, 0.29) is 0 Å². The average molecular weight is 1210 g/mol. The fraction of sp³-hybridized carbons (Fsp3) is 1.00. The summed E-state index contributed by atoms with van der Waals surface area (Å²) in [6.45, 7) is -6.75. The summed E-state index contributed by atoms with van der Waals surface area (Å²) in [7, 11) is 0. The van der Waals surface area contributed by atoms with Crippen LogP contribution in [0.5, 0.6) is 0 Å². The molecule has 9 saturated heterocycles. The van der Waals surface area contributed by atoms with E-state index in [4.69, 9.17) is 80.5 Å². The third-order valence-corrected chi connectivity index (χ3v) is 15.5. The van der Waals surface area contributed by atoms with Crippen LogP contribution in [-0.4, -0.2) is 383 Å². The lowest BCUT2D eigenvalue weighted by molar-refractivity contribution is -0.397. The van der Waals surface area contributed by atoms with E-state index in [0.29, 0.717) is 0 Å². The minimum absolute atomic E-state index is 0.494. The van der Waals surface area contributed by atoms with Crippen LogP contribution in [0.15, 0.2) is 0 Å². The number of aliphatic hydroxyl groups is 20. The van der Waals surface area contributed by atoms with Gasteiger partial charge in [-0.1, -0.05) is 0 Å². The minimum Gasteiger partial charge on any atom is -0.394 e. The van der Waals surface area contributed by atoms with Crippen LogP contribution >= 0.6 is 0 Å². The molecule has 9 fully saturated rings. The molecule has 9 rings (SSSR count). The van der Waals surface area contributed by atoms with Crippen LogP contribution in [0.4, 0.5) is 0 Å². The zero-order chi connectivity index (χ0) is 59.2. The van der Waals surface area contributed by atoms with Gasteiger partial charge < -0.3 is 183 Å². The van der Waals surface area contributed by atoms with Crippen LogP contribution < -0.4 is 0 Å². The highest BCUT2D eigenvalue weighted by atomic mass is 16.8. The molecule has 82 heavy (non-hydrogen) atoms. The van der Waals surface area contributed by atoms with E-state index < -0.39 is 281 Å². The molecule has 0 amide bonds. The maximum absolute atomic E-state index is 11.5. The van der Waals surface area contributed by atoms with Crippen molar-refractivity contribution in [3.63, 3.8) is 0 Å². The fourth-order valence-corrected chi connectivity index (χ4v) is 10.6. The van der Waals surface area contributed by atoms with Gasteiger partial charge in [0.25, 0.3) is 0 Å². The highest BCUT2D eigenvalue weighted by Gasteiger charge is 2.59. The number of ether oxygens (including phenoxy) is 17. The van der Waals surface area contributed by atoms with Crippen LogP contribution in [0.3, 0.4) is 0 Å². The van der Waals surface area contributed by atoms with Crippen molar-refractivity contribution in [2.45, 2.75) is 221 Å². The first kappa shape index (κ1) is 65.0. The molecule has 0 unspecified atom stereocenters. The van der Waals surface area contributed by atoms with E-state index in [0.717, 1.165) is 0 Å². The van der Waals surface area contributed by atoms with Gasteiger partial charge in [-0.3, -0.25) is 0 Å². The Balaban J connectivity index is 1.05. The van der Waals surface area contributed by atoms with Crippen LogP contribution in [0.2, 0.25) is 0 Å². The molecule has 9 aliphatic rings. The lowest BCUT2D eigenvalue weighted by atomic mass is 10.0. The van der Waals surface area contributed by atoms with Crippen molar-refractivity contribution in [2.75, 3.05) is 59.5 Å². The lowest BCUT2D eigenvalue weighted by Gasteiger charge is -2.49. The summed E-state index contributed by atoms with van der Waals surface area (Å²) in [4.78, 5) is 0. The van der Waals surface area contributed by atoms with Gasteiger partial charge in [-0.05, 0) is 0 Å². The molecule has 20 N–H and O–H groups in total. The molecular weight excluding hydrogens is 1130 g/mol. The second-order valence-electron chi connectivity index (χ2n) is 21.0. The Morgan fingerprint density at radius 1 is 0.244 bits per heavy atom. The van der Waals surface area contributed by atoms with Crippen molar-refractivity contribution in [1.82, 2.24) is 0 Å². The first-order valence-electron chi connectivity index (χ1n) is 26.3. The van der Waals surface area contributed by atoms with E-state index >= 15 is 0 Å². The fourth-order valence-electron chi connectivity index (χ4n) is 10.6. The van der Waals surface area contributed by atoms with Crippen molar-refractivity contribution in [2.24, 2.45) is 0 Å². The van der Waals surface area contributed by atoms with Crippen molar-refractivity contribution in [3.8, 4) is 0 Å². The second kappa shape index (κ2) is 27.9. The minimum atomic E-state index is -2.02. The molecule has 36 atom stereocenters. The molecule has 0 aromatic carbocycles. The van der Waals surface area contributed by atoms with Crippen LogP contribution in [0.25, 0.3) is 0 Å². The summed E-state index contributed by atoms with van der Waals surface area (Å²) in [6.07, 6.45) is -65.3. The molecule has 0 spiro atoms. The van der Waals surface area contributed by atoms with Gasteiger partial charge in [-0.15, -0.1) is 0 Å². The van der Waals surface area contributed by atoms with Gasteiger partial charge >= 0.3 is 0 Å². The van der Waals surface area contributed by atoms with Gasteiger partial charge in [-0.25, -0.2) is 0 Å². The molecule has 0 bridgehead atoms. The summed E-state index contributed by atoms with van der Waals surface area (Å²) in [5.41, 5.74) is 0. The third-order valence-electron chi connectivity index (χ3n) is 15.5. The SMILES string of the molecule is OC[C@H]1O[C@H](O[C@@H]2[C@@H](O[C@H]3O[C@H](CO)[C@@H](O)[C@@H]3O)[C@H](O[C@@H]3CO[C@@H](O[C@@H]4CO[C@@H](O[C@@H]5CO[C@@H](O)[C@H](O)[C@H]5O)[C@H](O)[C@H]4O)[C@H](O[C@H]4O[C@H](CO)[C@@H](O)[C@@H]4O)[C@H]3O[C@H]3O[C@H](CO)[C@@H](O)[C@@H]3O)OC[C@H]2O[C@@H]2OC[C@@H](O)[C@H](O)[C@H]2O)[C@@H](O)[C@@H]1O. The Morgan fingerprint density at radius 3 is 0.915 bits per heavy atom. The van der Waals surface area contributed by atoms with E-state index in [2.05, 4.69) is 0 Å². The molecule has 0 aromatic rings. The zero-order valence-electron chi connectivity index (χ0n) is 43.0. The predicted molar refractivity (Wildman–Crippen MR) is 243 cm³/mol. The van der Waals surface area contributed by atoms with Gasteiger partial charge in [0.05, 0.1) is 59.5 Å². The Hall–Kier alpha value is -1.48. The molecule has 0 saturated carbocycles. The number of hydrogen-bond donors (Lipinski definition) is 20. The van der Waals surface area contributed by atoms with E-state index in [1.54, 1.807) is 0 Å². The maximum Gasteiger partial charge on any atom is 0.187 e. The third kappa shape index (κ3) is 13.4. The Bertz CT molecular complexity index is 1980. The molecule has 37 nitrogen and oxygen atoms in total. The summed E-state index contributed by atoms with van der Waals surface area (Å²) < 4.78 is 100. The van der Waals surface area contributed by atoms with Gasteiger partial charge in [0.2, 0.25) is 0 Å². The predicted octanol–water partition coefficient (Wildman–Crippen LogP) is -14.9. The molecule has 9 aliphatic heterocycles. The van der Waals surface area contributed by atoms with Gasteiger partial charge in [0, 0.05) is 0 Å². The highest BCUT2D eigenvalue weighted by molar-refractivity contribution is 4.99. The van der Waals surface area contributed by atoms with Crippen LogP contribution in [-0.2, 0) is 80.5 Å². The van der Waals surface area contributed by atoms with E-state index in [1.165, 1.54) is 0 Å². The molecule has 476 valence electrons. The maximum atomic E-state index is 11.5. The topological polar surface area (TPSA) is 562 Å². The lowest BCUT2D eigenvalue weighted by Crippen LogP contribution is -2.66. The largest absolute Gasteiger partial charge is 0.394 e. The normalized spacial score (nSPS) is 54.0. The quantitative estimate of drug-likeness (QED) is 0.0538. The average Bonchev–Trinajstić information content (AvgIpc) is 3.94. The van der Waals surface area contributed by atoms with Crippen LogP contribution in [0, 0.1) is 0 Å². The van der Waals surface area contributed by atoms with E-state index in [9.17, 15) is 102 Å². The van der Waals surface area contributed by atoms with E-state index in [1.807, 2.05) is 0 Å². The Morgan fingerprint density at radius 2 is 0.524 bits per heavy atom. The summed E-state index contributed by atoms with van der Waals surface area (Å²) >= 11 is 0. The first-order valence-corrected chi connectivity index (χ1v) is 26.3. The standard InChI is InChI=1S/C45H74O37/c46-1-11-20(52)29(61)40(71-11)79-33-17(77-38-27(59)19(51)10(50)5-67-38)8-70-45(36(33)82-43-32(64)23(55)14(4-49)74-43)78-18-9-69-44(76-16-7-68-39(28(60)25(16)57)75-15-6-66-37(65)26(58)24(15)56)35(81-42-31(63)22(54)13(3-48)73-42)34(18)80-41-30(62)21(53)12(2-47)72-41/h10-65H,1-9H2/t10-,11-,12-,13-,14-,15-,16-,17-,18-,19+,20-,21-,22-,23-,24+,25+,26-,27-,28-,29+,30+,31+,32+,33+,34+,35-,36-,37-,38+,39+,40-,41-,42-,43-,44+,45+/m1/s1. The summed E-state index contributed by atoms with van der Waals surface area (Å²) in [5.74, 6) is 0. The van der Waals surface area contributed by atoms with Gasteiger partial charge in [0.1, 0.15) is 165 Å².